The molecule has 3 rings (SSSR count). The van der Waals surface area contributed by atoms with Crippen LogP contribution in [0.15, 0.2) is 51.8 Å². The highest BCUT2D eigenvalue weighted by atomic mass is 79.9. The molecular formula is C16H16BrNO2S. The molecule has 0 aliphatic carbocycles. The van der Waals surface area contributed by atoms with Crippen LogP contribution < -0.4 is 15.2 Å². The maximum atomic E-state index is 6.29. The van der Waals surface area contributed by atoms with E-state index in [4.69, 9.17) is 15.2 Å². The Labute approximate surface area is 137 Å². The molecule has 110 valence electrons. The molecule has 0 fully saturated rings. The summed E-state index contributed by atoms with van der Waals surface area (Å²) in [6.07, 6.45) is 0. The van der Waals surface area contributed by atoms with Crippen LogP contribution in [-0.4, -0.2) is 19.0 Å². The van der Waals surface area contributed by atoms with E-state index in [2.05, 4.69) is 28.1 Å². The Hall–Kier alpha value is -1.17. The summed E-state index contributed by atoms with van der Waals surface area (Å²) < 4.78 is 12.2. The van der Waals surface area contributed by atoms with Crippen LogP contribution in [0.5, 0.6) is 11.5 Å². The largest absolute Gasteiger partial charge is 0.486 e. The van der Waals surface area contributed by atoms with Crippen LogP contribution in [0.2, 0.25) is 0 Å². The SMILES string of the molecule is NC(CSc1cccc(Br)c1)c1ccc2c(c1)OCCO2. The summed E-state index contributed by atoms with van der Waals surface area (Å²) in [4.78, 5) is 1.21. The molecule has 3 nitrogen and oxygen atoms in total. The maximum absolute atomic E-state index is 6.29. The molecule has 0 saturated heterocycles. The molecule has 1 heterocycles. The van der Waals surface area contributed by atoms with Gasteiger partial charge in [0.05, 0.1) is 0 Å². The Kier molecular flexibility index (Phi) is 4.73. The quantitative estimate of drug-likeness (QED) is 0.831. The fraction of sp³-hybridized carbons (Fsp3) is 0.250. The van der Waals surface area contributed by atoms with Crippen molar-refractivity contribution >= 4 is 27.7 Å². The van der Waals surface area contributed by atoms with Crippen molar-refractivity contribution in [3.8, 4) is 11.5 Å². The van der Waals surface area contributed by atoms with E-state index in [1.54, 1.807) is 11.8 Å². The van der Waals surface area contributed by atoms with Crippen LogP contribution in [0.1, 0.15) is 11.6 Å². The first-order valence-electron chi connectivity index (χ1n) is 6.76. The predicted octanol–water partition coefficient (Wildman–Crippen LogP) is 4.01. The molecule has 0 saturated carbocycles. The van der Waals surface area contributed by atoms with Gasteiger partial charge in [-0.3, -0.25) is 0 Å². The highest BCUT2D eigenvalue weighted by molar-refractivity contribution is 9.10. The van der Waals surface area contributed by atoms with Crippen molar-refractivity contribution in [2.75, 3.05) is 19.0 Å². The van der Waals surface area contributed by atoms with Gasteiger partial charge in [0.25, 0.3) is 0 Å². The van der Waals surface area contributed by atoms with Crippen molar-refractivity contribution < 1.29 is 9.47 Å². The summed E-state index contributed by atoms with van der Waals surface area (Å²) in [6, 6.07) is 14.1. The first-order chi connectivity index (χ1) is 10.2. The summed E-state index contributed by atoms with van der Waals surface area (Å²) in [5.74, 6) is 2.41. The Morgan fingerprint density at radius 3 is 2.71 bits per heavy atom. The van der Waals surface area contributed by atoms with Crippen molar-refractivity contribution in [2.45, 2.75) is 10.9 Å². The van der Waals surface area contributed by atoms with Gasteiger partial charge in [-0.15, -0.1) is 11.8 Å². The number of fused-ring (bicyclic) bond motifs is 1. The molecule has 2 aromatic rings. The number of thioether (sulfide) groups is 1. The Morgan fingerprint density at radius 2 is 1.90 bits per heavy atom. The molecule has 1 aliphatic rings. The molecule has 0 amide bonds. The number of nitrogens with two attached hydrogens (primary N) is 1. The van der Waals surface area contributed by atoms with Crippen LogP contribution in [-0.2, 0) is 0 Å². The van der Waals surface area contributed by atoms with Gasteiger partial charge in [-0.2, -0.15) is 0 Å². The third-order valence-corrected chi connectivity index (χ3v) is 4.83. The average molecular weight is 366 g/mol. The zero-order chi connectivity index (χ0) is 14.7. The van der Waals surface area contributed by atoms with Gasteiger partial charge in [0, 0.05) is 21.2 Å². The summed E-state index contributed by atoms with van der Waals surface area (Å²) in [5, 5.41) is 0. The van der Waals surface area contributed by atoms with Gasteiger partial charge in [0.2, 0.25) is 0 Å². The lowest BCUT2D eigenvalue weighted by Gasteiger charge is -2.20. The van der Waals surface area contributed by atoms with Gasteiger partial charge >= 0.3 is 0 Å². The smallest absolute Gasteiger partial charge is 0.161 e. The van der Waals surface area contributed by atoms with Crippen molar-refractivity contribution in [1.29, 1.82) is 0 Å². The molecule has 1 aliphatic heterocycles. The minimum atomic E-state index is -0.0372. The van der Waals surface area contributed by atoms with E-state index in [0.29, 0.717) is 13.2 Å². The van der Waals surface area contributed by atoms with Gasteiger partial charge in [0.15, 0.2) is 11.5 Å². The van der Waals surface area contributed by atoms with Crippen molar-refractivity contribution in [2.24, 2.45) is 5.73 Å². The van der Waals surface area contributed by atoms with Crippen LogP contribution in [0.4, 0.5) is 0 Å². The number of hydrogen-bond donors (Lipinski definition) is 1. The molecule has 0 radical (unpaired) electrons. The fourth-order valence-corrected chi connectivity index (χ4v) is 3.63. The molecule has 0 spiro atoms. The molecule has 21 heavy (non-hydrogen) atoms. The topological polar surface area (TPSA) is 44.5 Å². The zero-order valence-electron chi connectivity index (χ0n) is 11.4. The van der Waals surface area contributed by atoms with Gasteiger partial charge in [-0.05, 0) is 35.9 Å². The standard InChI is InChI=1S/C16H16BrNO2S/c17-12-2-1-3-13(9-12)21-10-14(18)11-4-5-15-16(8-11)20-7-6-19-15/h1-5,8-9,14H,6-7,10,18H2. The second-order valence-electron chi connectivity index (χ2n) is 4.78. The highest BCUT2D eigenvalue weighted by Gasteiger charge is 2.15. The second-order valence-corrected chi connectivity index (χ2v) is 6.79. The molecule has 5 heteroatoms. The minimum absolute atomic E-state index is 0.0372. The van der Waals surface area contributed by atoms with E-state index in [-0.39, 0.29) is 6.04 Å². The zero-order valence-corrected chi connectivity index (χ0v) is 13.8. The first-order valence-corrected chi connectivity index (χ1v) is 8.54. The lowest BCUT2D eigenvalue weighted by atomic mass is 10.1. The third kappa shape index (κ3) is 3.73. The van der Waals surface area contributed by atoms with E-state index in [0.717, 1.165) is 27.3 Å². The molecule has 2 N–H and O–H groups in total. The van der Waals surface area contributed by atoms with Gasteiger partial charge in [0.1, 0.15) is 13.2 Å². The van der Waals surface area contributed by atoms with Gasteiger partial charge < -0.3 is 15.2 Å². The normalized spacial score (nSPS) is 14.8. The van der Waals surface area contributed by atoms with Gasteiger partial charge in [-0.1, -0.05) is 28.1 Å². The van der Waals surface area contributed by atoms with Crippen molar-refractivity contribution in [3.63, 3.8) is 0 Å². The van der Waals surface area contributed by atoms with Crippen LogP contribution in [0.3, 0.4) is 0 Å². The van der Waals surface area contributed by atoms with E-state index >= 15 is 0 Å². The number of rotatable bonds is 4. The number of halogens is 1. The molecule has 0 bridgehead atoms. The Bertz CT molecular complexity index is 635. The van der Waals surface area contributed by atoms with Gasteiger partial charge in [-0.25, -0.2) is 0 Å². The van der Waals surface area contributed by atoms with Crippen LogP contribution in [0, 0.1) is 0 Å². The summed E-state index contributed by atoms with van der Waals surface area (Å²) in [5.41, 5.74) is 7.36. The van der Waals surface area contributed by atoms with Crippen LogP contribution in [0.25, 0.3) is 0 Å². The fourth-order valence-electron chi connectivity index (χ4n) is 2.13. The first kappa shape index (κ1) is 14.8. The second kappa shape index (κ2) is 6.73. The number of hydrogen-bond acceptors (Lipinski definition) is 4. The predicted molar refractivity (Wildman–Crippen MR) is 89.2 cm³/mol. The lowest BCUT2D eigenvalue weighted by molar-refractivity contribution is 0.171. The monoisotopic (exact) mass is 365 g/mol. The van der Waals surface area contributed by atoms with Crippen LogP contribution >= 0.6 is 27.7 Å². The molecule has 1 atom stereocenters. The summed E-state index contributed by atoms with van der Waals surface area (Å²) in [6.45, 7) is 1.20. The molecule has 0 aromatic heterocycles. The molecule has 2 aromatic carbocycles. The highest BCUT2D eigenvalue weighted by Crippen LogP contribution is 2.33. The summed E-state index contributed by atoms with van der Waals surface area (Å²) in [7, 11) is 0. The lowest BCUT2D eigenvalue weighted by Crippen LogP contribution is -2.17. The van der Waals surface area contributed by atoms with E-state index in [1.165, 1.54) is 4.90 Å². The maximum Gasteiger partial charge on any atom is 0.161 e. The Morgan fingerprint density at radius 1 is 1.10 bits per heavy atom. The molecule has 1 unspecified atom stereocenters. The van der Waals surface area contributed by atoms with Crippen molar-refractivity contribution in [1.82, 2.24) is 0 Å². The Balaban J connectivity index is 1.66. The number of benzene rings is 2. The average Bonchev–Trinajstić information content (AvgIpc) is 2.52. The third-order valence-electron chi connectivity index (χ3n) is 3.22. The van der Waals surface area contributed by atoms with E-state index in [1.807, 2.05) is 30.3 Å². The van der Waals surface area contributed by atoms with Crippen molar-refractivity contribution in [3.05, 3.63) is 52.5 Å². The summed E-state index contributed by atoms with van der Waals surface area (Å²) >= 11 is 5.23. The molecular weight excluding hydrogens is 350 g/mol. The van der Waals surface area contributed by atoms with E-state index in [9.17, 15) is 0 Å². The minimum Gasteiger partial charge on any atom is -0.486 e. The van der Waals surface area contributed by atoms with E-state index < -0.39 is 0 Å². The number of ether oxygens (including phenoxy) is 2.